The molecular formula is C61H49BN2O. The largest absolute Gasteiger partial charge is 0.456 e. The topological polar surface area (TPSA) is 28.4 Å². The first kappa shape index (κ1) is 38.2. The first-order valence-electron chi connectivity index (χ1n) is 23.3. The van der Waals surface area contributed by atoms with E-state index in [9.17, 15) is 0 Å². The number of furan rings is 1. The zero-order chi connectivity index (χ0) is 43.7. The summed E-state index contributed by atoms with van der Waals surface area (Å²) in [6.45, 7) is 9.61. The van der Waals surface area contributed by atoms with E-state index in [0.717, 1.165) is 52.6 Å². The molecule has 9 aromatic carbocycles. The van der Waals surface area contributed by atoms with E-state index in [1.165, 1.54) is 84.1 Å². The van der Waals surface area contributed by atoms with Gasteiger partial charge in [-0.05, 0) is 110 Å². The average molecular weight is 837 g/mol. The number of fused-ring (bicyclic) bond motifs is 10. The molecule has 0 bridgehead atoms. The van der Waals surface area contributed by atoms with Crippen molar-refractivity contribution in [3.8, 4) is 11.1 Å². The molecule has 3 heterocycles. The summed E-state index contributed by atoms with van der Waals surface area (Å²) in [6.07, 6.45) is 2.35. The van der Waals surface area contributed by atoms with Crippen LogP contribution in [0.4, 0.5) is 28.4 Å². The number of rotatable bonds is 5. The fraction of sp³-hybridized carbons (Fsp3) is 0.148. The van der Waals surface area contributed by atoms with Crippen molar-refractivity contribution in [2.45, 2.75) is 56.8 Å². The molecule has 3 nitrogen and oxygen atoms in total. The lowest BCUT2D eigenvalue weighted by Crippen LogP contribution is -2.47. The molecule has 0 radical (unpaired) electrons. The molecule has 0 unspecified atom stereocenters. The number of hydrogen-bond acceptors (Lipinski definition) is 3. The first-order valence-corrected chi connectivity index (χ1v) is 23.3. The van der Waals surface area contributed by atoms with Crippen molar-refractivity contribution in [3.05, 3.63) is 221 Å². The van der Waals surface area contributed by atoms with E-state index < -0.39 is 5.41 Å². The number of nitrogens with one attached hydrogen (secondary N) is 1. The third kappa shape index (κ3) is 5.50. The van der Waals surface area contributed by atoms with Gasteiger partial charge in [0.2, 0.25) is 0 Å². The molecule has 4 heteroatoms. The van der Waals surface area contributed by atoms with Crippen LogP contribution in [0.15, 0.2) is 192 Å². The van der Waals surface area contributed by atoms with Crippen LogP contribution in [0, 0.1) is 0 Å². The Morgan fingerprint density at radius 1 is 0.492 bits per heavy atom. The summed E-state index contributed by atoms with van der Waals surface area (Å²) >= 11 is 0. The third-order valence-electron chi connectivity index (χ3n) is 15.4. The van der Waals surface area contributed by atoms with Crippen LogP contribution in [-0.2, 0) is 16.2 Å². The van der Waals surface area contributed by atoms with Crippen LogP contribution >= 0.6 is 0 Å². The van der Waals surface area contributed by atoms with Crippen LogP contribution in [0.25, 0.3) is 43.8 Å². The van der Waals surface area contributed by atoms with Crippen LogP contribution in [0.2, 0.25) is 0 Å². The van der Waals surface area contributed by atoms with Gasteiger partial charge in [0.05, 0.1) is 16.8 Å². The van der Waals surface area contributed by atoms with E-state index in [1.807, 2.05) is 0 Å². The molecule has 0 atom stereocenters. The molecule has 0 saturated heterocycles. The summed E-state index contributed by atoms with van der Waals surface area (Å²) in [5.74, 6) is 0. The van der Waals surface area contributed by atoms with Crippen molar-refractivity contribution < 1.29 is 4.42 Å². The highest BCUT2D eigenvalue weighted by Crippen LogP contribution is 2.59. The van der Waals surface area contributed by atoms with Crippen LogP contribution in [0.1, 0.15) is 73.9 Å². The third-order valence-corrected chi connectivity index (χ3v) is 15.4. The quantitative estimate of drug-likeness (QED) is 0.175. The molecule has 0 spiro atoms. The number of nitrogens with zero attached hydrogens (tertiary/aromatic N) is 1. The van der Waals surface area contributed by atoms with Crippen LogP contribution in [0.5, 0.6) is 0 Å². The number of benzene rings is 9. The highest BCUT2D eigenvalue weighted by Gasteiger charge is 2.49. The van der Waals surface area contributed by atoms with E-state index in [-0.39, 0.29) is 10.8 Å². The molecule has 10 aromatic rings. The van der Waals surface area contributed by atoms with Gasteiger partial charge in [0.25, 0.3) is 0 Å². The molecule has 3 aliphatic rings. The molecule has 1 N–H and O–H groups in total. The van der Waals surface area contributed by atoms with E-state index in [4.69, 9.17) is 4.42 Å². The molecule has 0 saturated carbocycles. The highest BCUT2D eigenvalue weighted by molar-refractivity contribution is 6.74. The monoisotopic (exact) mass is 836 g/mol. The van der Waals surface area contributed by atoms with Gasteiger partial charge in [0.15, 0.2) is 7.28 Å². The van der Waals surface area contributed by atoms with Crippen molar-refractivity contribution in [2.75, 3.05) is 10.2 Å². The molecule has 1 aliphatic carbocycles. The zero-order valence-electron chi connectivity index (χ0n) is 37.4. The number of anilines is 5. The zero-order valence-corrected chi connectivity index (χ0v) is 37.4. The molecular weight excluding hydrogens is 787 g/mol. The Labute approximate surface area is 381 Å². The predicted octanol–water partition coefficient (Wildman–Crippen LogP) is 14.4. The lowest BCUT2D eigenvalue weighted by molar-refractivity contribution is 0.332. The van der Waals surface area contributed by atoms with Crippen LogP contribution in [0.3, 0.4) is 0 Å². The SMILES string of the molecule is CC1(C)CCC(C)(C)c2cc(Nc3cc4oc5ccccc5c4cc3-c3cc4ccccc4c4c3Bc3cccc5c3N4c3ccccc3C5(c3ccccc3)c3ccccc3)ccc21. The molecule has 0 fully saturated rings. The summed E-state index contributed by atoms with van der Waals surface area (Å²) in [4.78, 5) is 2.63. The normalized spacial score (nSPS) is 16.0. The minimum atomic E-state index is -0.533. The molecule has 0 amide bonds. The van der Waals surface area contributed by atoms with Gasteiger partial charge < -0.3 is 14.6 Å². The van der Waals surface area contributed by atoms with E-state index in [0.29, 0.717) is 0 Å². The van der Waals surface area contributed by atoms with E-state index in [1.54, 1.807) is 0 Å². The Balaban J connectivity index is 1.09. The second-order valence-electron chi connectivity index (χ2n) is 19.9. The van der Waals surface area contributed by atoms with Crippen LogP contribution in [-0.4, -0.2) is 7.28 Å². The predicted molar refractivity (Wildman–Crippen MR) is 275 cm³/mol. The molecule has 312 valence electrons. The fourth-order valence-electron chi connectivity index (χ4n) is 12.1. The Morgan fingerprint density at radius 2 is 1.15 bits per heavy atom. The second-order valence-corrected chi connectivity index (χ2v) is 19.9. The lowest BCUT2D eigenvalue weighted by Gasteiger charge is -2.49. The summed E-state index contributed by atoms with van der Waals surface area (Å²) < 4.78 is 6.64. The molecule has 65 heavy (non-hydrogen) atoms. The van der Waals surface area contributed by atoms with Gasteiger partial charge in [0, 0.05) is 44.9 Å². The Bertz CT molecular complexity index is 3530. The van der Waals surface area contributed by atoms with Gasteiger partial charge in [-0.3, -0.25) is 0 Å². The lowest BCUT2D eigenvalue weighted by atomic mass is 9.54. The first-order chi connectivity index (χ1) is 31.7. The van der Waals surface area contributed by atoms with Gasteiger partial charge in [-0.15, -0.1) is 0 Å². The summed E-state index contributed by atoms with van der Waals surface area (Å²) in [5.41, 5.74) is 20.4. The van der Waals surface area contributed by atoms with Gasteiger partial charge in [-0.25, -0.2) is 0 Å². The maximum absolute atomic E-state index is 6.64. The number of hydrogen-bond donors (Lipinski definition) is 1. The van der Waals surface area contributed by atoms with Gasteiger partial charge in [-0.1, -0.05) is 179 Å². The Kier molecular flexibility index (Phi) is 8.14. The summed E-state index contributed by atoms with van der Waals surface area (Å²) in [5, 5.41) is 8.74. The van der Waals surface area contributed by atoms with E-state index >= 15 is 0 Å². The molecule has 13 rings (SSSR count). The maximum atomic E-state index is 6.64. The minimum Gasteiger partial charge on any atom is -0.456 e. The van der Waals surface area contributed by atoms with Crippen molar-refractivity contribution >= 4 is 79.4 Å². The Morgan fingerprint density at radius 3 is 1.94 bits per heavy atom. The Hall–Kier alpha value is -7.30. The average Bonchev–Trinajstić information content (AvgIpc) is 3.70. The van der Waals surface area contributed by atoms with Crippen molar-refractivity contribution in [1.82, 2.24) is 0 Å². The molecule has 1 aromatic heterocycles. The minimum absolute atomic E-state index is 0.0844. The van der Waals surface area contributed by atoms with Crippen molar-refractivity contribution in [2.24, 2.45) is 0 Å². The van der Waals surface area contributed by atoms with Crippen molar-refractivity contribution in [3.63, 3.8) is 0 Å². The smallest absolute Gasteiger partial charge is 0.198 e. The van der Waals surface area contributed by atoms with E-state index in [2.05, 4.69) is 226 Å². The standard InChI is InChI=1S/C61H49BN2O/c1-59(2)32-33-60(3,4)50-35-41(30-31-47(50)59)63-52-37-55-45(43-24-13-16-29-54(43)65-55)36-44(52)46-34-38-18-11-12-23-42(38)57-56(46)62-51-27-17-26-49-58(51)64(57)53-28-15-14-25-48(53)61(49,39-19-7-5-8-20-39)40-21-9-6-10-22-40/h5-31,34-37,62-63H,32-33H2,1-4H3. The molecule has 2 aliphatic heterocycles. The summed E-state index contributed by atoms with van der Waals surface area (Å²) in [7, 11) is 0.780. The maximum Gasteiger partial charge on any atom is 0.198 e. The van der Waals surface area contributed by atoms with Crippen LogP contribution < -0.4 is 21.1 Å². The van der Waals surface area contributed by atoms with Gasteiger partial charge >= 0.3 is 0 Å². The fourth-order valence-corrected chi connectivity index (χ4v) is 12.1. The summed E-state index contributed by atoms with van der Waals surface area (Å²) in [6, 6.07) is 70.1. The highest BCUT2D eigenvalue weighted by atomic mass is 16.3. The number of para-hydroxylation sites is 3. The van der Waals surface area contributed by atoms with Gasteiger partial charge in [0.1, 0.15) is 11.2 Å². The van der Waals surface area contributed by atoms with Gasteiger partial charge in [-0.2, -0.15) is 0 Å². The second kappa shape index (κ2) is 13.9. The van der Waals surface area contributed by atoms with Crippen molar-refractivity contribution in [1.29, 1.82) is 0 Å².